The molecule has 1 amide bonds. The van der Waals surface area contributed by atoms with Crippen molar-refractivity contribution in [2.24, 2.45) is 11.8 Å². The van der Waals surface area contributed by atoms with Gasteiger partial charge in [0, 0.05) is 24.3 Å². The number of nitrogens with one attached hydrogen (secondary N) is 1. The van der Waals surface area contributed by atoms with Gasteiger partial charge in [0.2, 0.25) is 10.0 Å². The van der Waals surface area contributed by atoms with Crippen molar-refractivity contribution in [1.29, 1.82) is 0 Å². The van der Waals surface area contributed by atoms with Crippen molar-refractivity contribution in [3.8, 4) is 16.3 Å². The lowest BCUT2D eigenvalue weighted by molar-refractivity contribution is 0.102. The summed E-state index contributed by atoms with van der Waals surface area (Å²) in [5, 5.41) is 13.9. The van der Waals surface area contributed by atoms with Gasteiger partial charge in [0.05, 0.1) is 20.7 Å². The predicted molar refractivity (Wildman–Crippen MR) is 143 cm³/mol. The number of benzene rings is 3. The van der Waals surface area contributed by atoms with E-state index in [2.05, 4.69) is 24.1 Å². The van der Waals surface area contributed by atoms with Gasteiger partial charge in [0.15, 0.2) is 0 Å². The summed E-state index contributed by atoms with van der Waals surface area (Å²) < 4.78 is 28.8. The first-order valence-corrected chi connectivity index (χ1v) is 14.1. The maximum atomic E-state index is 13.1. The van der Waals surface area contributed by atoms with Gasteiger partial charge < -0.3 is 10.4 Å². The highest BCUT2D eigenvalue weighted by atomic mass is 32.2. The van der Waals surface area contributed by atoms with Crippen LogP contribution in [0.15, 0.2) is 71.6 Å². The summed E-state index contributed by atoms with van der Waals surface area (Å²) in [5.41, 5.74) is 2.21. The smallest absolute Gasteiger partial charge is 0.255 e. The third kappa shape index (κ3) is 4.86. The van der Waals surface area contributed by atoms with E-state index in [4.69, 9.17) is 0 Å². The third-order valence-corrected chi connectivity index (χ3v) is 9.28. The number of fused-ring (bicyclic) bond motifs is 1. The Bertz CT molecular complexity index is 1490. The molecule has 0 spiro atoms. The number of thiazole rings is 1. The Morgan fingerprint density at radius 2 is 1.72 bits per heavy atom. The van der Waals surface area contributed by atoms with Crippen LogP contribution in [0.2, 0.25) is 0 Å². The van der Waals surface area contributed by atoms with Crippen molar-refractivity contribution in [2.75, 3.05) is 18.4 Å². The summed E-state index contributed by atoms with van der Waals surface area (Å²) in [6, 6.07) is 18.6. The van der Waals surface area contributed by atoms with Gasteiger partial charge in [0.25, 0.3) is 5.91 Å². The molecule has 4 aromatic rings. The molecule has 2 atom stereocenters. The minimum atomic E-state index is -3.61. The average Bonchev–Trinajstić information content (AvgIpc) is 3.29. The van der Waals surface area contributed by atoms with Gasteiger partial charge in [0.1, 0.15) is 10.8 Å². The fraction of sp³-hybridized carbons (Fsp3) is 0.259. The van der Waals surface area contributed by atoms with E-state index >= 15 is 0 Å². The number of para-hydroxylation sites is 1. The van der Waals surface area contributed by atoms with Gasteiger partial charge >= 0.3 is 0 Å². The van der Waals surface area contributed by atoms with E-state index in [1.807, 2.05) is 24.3 Å². The summed E-state index contributed by atoms with van der Waals surface area (Å²) in [7, 11) is -3.61. The van der Waals surface area contributed by atoms with Gasteiger partial charge in [-0.25, -0.2) is 13.4 Å². The van der Waals surface area contributed by atoms with E-state index in [1.165, 1.54) is 41.7 Å². The molecule has 7 nitrogen and oxygen atoms in total. The van der Waals surface area contributed by atoms with E-state index in [1.54, 1.807) is 16.4 Å². The van der Waals surface area contributed by atoms with Gasteiger partial charge in [-0.3, -0.25) is 4.79 Å². The third-order valence-electron chi connectivity index (χ3n) is 6.37. The highest BCUT2D eigenvalue weighted by Gasteiger charge is 2.31. The minimum Gasteiger partial charge on any atom is -0.507 e. The maximum Gasteiger partial charge on any atom is 0.255 e. The number of nitrogens with zero attached hydrogens (tertiary/aromatic N) is 2. The molecule has 0 unspecified atom stereocenters. The number of phenols is 1. The number of carbonyl (C=O) groups excluding carboxylic acids is 1. The molecule has 0 radical (unpaired) electrons. The minimum absolute atomic E-state index is 0.0722. The Morgan fingerprint density at radius 1 is 1.03 bits per heavy atom. The number of rotatable bonds is 5. The van der Waals surface area contributed by atoms with E-state index in [-0.39, 0.29) is 16.6 Å². The molecule has 0 bridgehead atoms. The maximum absolute atomic E-state index is 13.1. The van der Waals surface area contributed by atoms with Crippen LogP contribution in [-0.2, 0) is 10.0 Å². The molecule has 186 valence electrons. The zero-order valence-electron chi connectivity index (χ0n) is 20.0. The van der Waals surface area contributed by atoms with Crippen LogP contribution in [0.1, 0.15) is 30.6 Å². The predicted octanol–water partition coefficient (Wildman–Crippen LogP) is 5.59. The molecule has 1 fully saturated rings. The topological polar surface area (TPSA) is 99.6 Å². The molecule has 9 heteroatoms. The van der Waals surface area contributed by atoms with Crippen molar-refractivity contribution >= 4 is 43.2 Å². The van der Waals surface area contributed by atoms with Crippen molar-refractivity contribution in [3.05, 3.63) is 72.3 Å². The number of sulfonamides is 1. The molecule has 1 saturated heterocycles. The highest BCUT2D eigenvalue weighted by molar-refractivity contribution is 7.89. The second kappa shape index (κ2) is 9.65. The number of aromatic nitrogens is 1. The zero-order valence-corrected chi connectivity index (χ0v) is 21.6. The fourth-order valence-corrected chi connectivity index (χ4v) is 7.38. The van der Waals surface area contributed by atoms with Gasteiger partial charge in [-0.05, 0) is 72.9 Å². The number of carbonyl (C=O) groups is 1. The van der Waals surface area contributed by atoms with Crippen LogP contribution in [-0.4, -0.2) is 41.8 Å². The van der Waals surface area contributed by atoms with E-state index in [0.29, 0.717) is 46.7 Å². The van der Waals surface area contributed by atoms with E-state index < -0.39 is 10.0 Å². The molecule has 0 saturated carbocycles. The number of amides is 1. The lowest BCUT2D eigenvalue weighted by Crippen LogP contribution is -2.42. The monoisotopic (exact) mass is 521 g/mol. The first-order valence-electron chi connectivity index (χ1n) is 11.8. The molecule has 5 rings (SSSR count). The van der Waals surface area contributed by atoms with Gasteiger partial charge in [-0.1, -0.05) is 26.0 Å². The molecule has 1 aliphatic rings. The molecule has 2 heterocycles. The van der Waals surface area contributed by atoms with Crippen molar-refractivity contribution < 1.29 is 18.3 Å². The van der Waals surface area contributed by atoms with Crippen LogP contribution < -0.4 is 5.32 Å². The SMILES string of the molecule is C[C@@H]1C[C@H](C)CN(S(=O)(=O)c2ccc(C(=O)Nc3ccc(O)c(-c4nc5ccccc5s4)c3)cc2)C1. The Morgan fingerprint density at radius 3 is 2.42 bits per heavy atom. The molecule has 1 aromatic heterocycles. The largest absolute Gasteiger partial charge is 0.507 e. The number of anilines is 1. The Hall–Kier alpha value is -3.27. The normalized spacial score (nSPS) is 18.8. The summed E-state index contributed by atoms with van der Waals surface area (Å²) in [5.74, 6) is 0.321. The second-order valence-corrected chi connectivity index (χ2v) is 12.4. The standard InChI is InChI=1S/C27H27N3O4S2/c1-17-13-18(2)16-30(15-17)36(33,34)21-10-7-19(8-11-21)26(32)28-20-9-12-24(31)22(14-20)27-29-23-5-3-4-6-25(23)35-27/h3-12,14,17-18,31H,13,15-16H2,1-2H3,(H,28,32)/t17-,18+. The molecular formula is C27H27N3O4S2. The van der Waals surface area contributed by atoms with E-state index in [9.17, 15) is 18.3 Å². The van der Waals surface area contributed by atoms with Crippen LogP contribution >= 0.6 is 11.3 Å². The molecular weight excluding hydrogens is 494 g/mol. The molecule has 0 aliphatic carbocycles. The van der Waals surface area contributed by atoms with Crippen molar-refractivity contribution in [2.45, 2.75) is 25.2 Å². The fourth-order valence-electron chi connectivity index (χ4n) is 4.71. The number of hydrogen-bond acceptors (Lipinski definition) is 6. The molecule has 3 aromatic carbocycles. The Labute approximate surface area is 214 Å². The quantitative estimate of drug-likeness (QED) is 0.334. The Kier molecular flexibility index (Phi) is 6.55. The molecule has 1 aliphatic heterocycles. The lowest BCUT2D eigenvalue weighted by Gasteiger charge is -2.34. The number of phenolic OH excluding ortho intramolecular Hbond substituents is 1. The average molecular weight is 522 g/mol. The summed E-state index contributed by atoms with van der Waals surface area (Å²) in [6.07, 6.45) is 1.02. The van der Waals surface area contributed by atoms with Crippen LogP contribution in [0, 0.1) is 11.8 Å². The van der Waals surface area contributed by atoms with Gasteiger partial charge in [-0.15, -0.1) is 11.3 Å². The van der Waals surface area contributed by atoms with Crippen molar-refractivity contribution in [3.63, 3.8) is 0 Å². The second-order valence-electron chi connectivity index (χ2n) is 9.47. The van der Waals surface area contributed by atoms with Crippen LogP contribution in [0.25, 0.3) is 20.8 Å². The Balaban J connectivity index is 1.34. The number of aromatic hydroxyl groups is 1. The van der Waals surface area contributed by atoms with Crippen LogP contribution in [0.5, 0.6) is 5.75 Å². The molecule has 2 N–H and O–H groups in total. The highest BCUT2D eigenvalue weighted by Crippen LogP contribution is 2.37. The number of piperidine rings is 1. The first-order chi connectivity index (χ1) is 17.2. The number of hydrogen-bond donors (Lipinski definition) is 2. The summed E-state index contributed by atoms with van der Waals surface area (Å²) >= 11 is 1.46. The zero-order chi connectivity index (χ0) is 25.4. The van der Waals surface area contributed by atoms with Gasteiger partial charge in [-0.2, -0.15) is 4.31 Å². The van der Waals surface area contributed by atoms with Crippen LogP contribution in [0.3, 0.4) is 0 Å². The first kappa shape index (κ1) is 24.4. The van der Waals surface area contributed by atoms with Crippen LogP contribution in [0.4, 0.5) is 5.69 Å². The molecule has 36 heavy (non-hydrogen) atoms. The summed E-state index contributed by atoms with van der Waals surface area (Å²) in [6.45, 7) is 5.15. The van der Waals surface area contributed by atoms with E-state index in [0.717, 1.165) is 16.6 Å². The lowest BCUT2D eigenvalue weighted by atomic mass is 9.94. The van der Waals surface area contributed by atoms with Crippen molar-refractivity contribution in [1.82, 2.24) is 9.29 Å². The summed E-state index contributed by atoms with van der Waals surface area (Å²) in [4.78, 5) is 17.7.